The minimum Gasteiger partial charge on any atom is -0.394 e. The van der Waals surface area contributed by atoms with Gasteiger partial charge >= 0.3 is 0 Å². The predicted molar refractivity (Wildman–Crippen MR) is 328 cm³/mol. The quantitative estimate of drug-likeness (QED) is 0.0330. The van der Waals surface area contributed by atoms with Crippen LogP contribution in [0.1, 0.15) is 373 Å². The third-order valence-corrected chi connectivity index (χ3v) is 17.2. The van der Waals surface area contributed by atoms with E-state index in [1.54, 1.807) is 0 Å². The third-order valence-electron chi connectivity index (χ3n) is 17.2. The molecule has 0 bridgehead atoms. The van der Waals surface area contributed by atoms with E-state index in [1.807, 2.05) is 0 Å². The topological polar surface area (TPSA) is 149 Å². The number of aliphatic hydroxyl groups excluding tert-OH is 5. The molecule has 7 atom stereocenters. The van der Waals surface area contributed by atoms with Gasteiger partial charge in [0.25, 0.3) is 0 Å². The van der Waals surface area contributed by atoms with Crippen molar-refractivity contribution in [2.45, 2.75) is 416 Å². The molecule has 0 saturated carbocycles. The molecular weight excluding hydrogens is 959 g/mol. The number of nitrogens with one attached hydrogen (secondary N) is 1. The summed E-state index contributed by atoms with van der Waals surface area (Å²) in [5, 5.41) is 54.9. The van der Waals surface area contributed by atoms with Crippen LogP contribution in [0.25, 0.3) is 0 Å². The lowest BCUT2D eigenvalue weighted by molar-refractivity contribution is -0.302. The van der Waals surface area contributed by atoms with Gasteiger partial charge < -0.3 is 40.3 Å². The standard InChI is InChI=1S/C68H135NO8/c1-3-5-7-9-11-13-15-17-19-21-23-25-26-27-28-29-30-31-32-33-34-35-36-38-40-42-44-46-48-50-52-54-56-58-64(72)69-61(60-76-68-67(75)66(74)65(73)63(59-70)77-68)62(71)57-55-53-51-49-47-45-43-41-39-37-24-22-20-18-16-14-12-10-8-6-4-2/h61-63,65-68,70-71,73-75H,3-60H2,1-2H3,(H,69,72). The first-order valence-electron chi connectivity index (χ1n) is 34.7. The van der Waals surface area contributed by atoms with Crippen LogP contribution in [0.2, 0.25) is 0 Å². The first kappa shape index (κ1) is 74.2. The highest BCUT2D eigenvalue weighted by molar-refractivity contribution is 5.76. The summed E-state index contributed by atoms with van der Waals surface area (Å²) in [4.78, 5) is 13.1. The Morgan fingerprint density at radius 1 is 0.390 bits per heavy atom. The first-order valence-corrected chi connectivity index (χ1v) is 34.7. The lowest BCUT2D eigenvalue weighted by Crippen LogP contribution is -2.60. The molecule has 1 amide bonds. The van der Waals surface area contributed by atoms with Crippen LogP contribution in [0.4, 0.5) is 0 Å². The number of ether oxygens (including phenoxy) is 2. The highest BCUT2D eigenvalue weighted by atomic mass is 16.7. The molecule has 0 spiro atoms. The van der Waals surface area contributed by atoms with Crippen molar-refractivity contribution < 1.29 is 39.8 Å². The molecule has 1 saturated heterocycles. The summed E-state index contributed by atoms with van der Waals surface area (Å²) in [7, 11) is 0. The van der Waals surface area contributed by atoms with Crippen LogP contribution in [0, 0.1) is 0 Å². The molecule has 1 rings (SSSR count). The van der Waals surface area contributed by atoms with Gasteiger partial charge in [-0.3, -0.25) is 4.79 Å². The Bertz CT molecular complexity index is 1180. The Morgan fingerprint density at radius 3 is 0.922 bits per heavy atom. The van der Waals surface area contributed by atoms with Gasteiger partial charge in [-0.1, -0.05) is 354 Å². The second kappa shape index (κ2) is 58.4. The maximum atomic E-state index is 13.1. The number of carbonyl (C=O) groups excluding carboxylic acids is 1. The molecule has 0 aromatic heterocycles. The van der Waals surface area contributed by atoms with E-state index in [1.165, 1.54) is 308 Å². The van der Waals surface area contributed by atoms with Crippen molar-refractivity contribution in [1.82, 2.24) is 5.32 Å². The smallest absolute Gasteiger partial charge is 0.220 e. The number of aliphatic hydroxyl groups is 5. The van der Waals surface area contributed by atoms with E-state index in [2.05, 4.69) is 19.2 Å². The molecule has 1 heterocycles. The van der Waals surface area contributed by atoms with Crippen molar-refractivity contribution in [1.29, 1.82) is 0 Å². The van der Waals surface area contributed by atoms with Crippen molar-refractivity contribution in [3.05, 3.63) is 0 Å². The fraction of sp³-hybridized carbons (Fsp3) is 0.985. The zero-order valence-corrected chi connectivity index (χ0v) is 51.5. The van der Waals surface area contributed by atoms with E-state index >= 15 is 0 Å². The Morgan fingerprint density at radius 2 is 0.649 bits per heavy atom. The Balaban J connectivity index is 2.07. The summed E-state index contributed by atoms with van der Waals surface area (Å²) in [6.07, 6.45) is 66.1. The molecule has 0 aromatic carbocycles. The summed E-state index contributed by atoms with van der Waals surface area (Å²) in [6.45, 7) is 3.91. The maximum Gasteiger partial charge on any atom is 0.220 e. The van der Waals surface area contributed by atoms with E-state index in [-0.39, 0.29) is 12.5 Å². The summed E-state index contributed by atoms with van der Waals surface area (Å²) in [6, 6.07) is -0.715. The molecule has 9 heteroatoms. The van der Waals surface area contributed by atoms with Crippen molar-refractivity contribution in [2.75, 3.05) is 13.2 Å². The largest absolute Gasteiger partial charge is 0.394 e. The van der Waals surface area contributed by atoms with Crippen LogP contribution < -0.4 is 5.32 Å². The fourth-order valence-electron chi connectivity index (χ4n) is 11.8. The lowest BCUT2D eigenvalue weighted by Gasteiger charge is -2.40. The maximum absolute atomic E-state index is 13.1. The van der Waals surface area contributed by atoms with Gasteiger partial charge in [0.1, 0.15) is 24.4 Å². The monoisotopic (exact) mass is 1090 g/mol. The molecule has 77 heavy (non-hydrogen) atoms. The van der Waals surface area contributed by atoms with Gasteiger partial charge in [-0.25, -0.2) is 0 Å². The number of carbonyl (C=O) groups is 1. The predicted octanol–water partition coefficient (Wildman–Crippen LogP) is 18.5. The minimum atomic E-state index is -1.55. The van der Waals surface area contributed by atoms with Gasteiger partial charge in [0.15, 0.2) is 6.29 Å². The zero-order valence-electron chi connectivity index (χ0n) is 51.5. The number of hydrogen-bond acceptors (Lipinski definition) is 8. The van der Waals surface area contributed by atoms with E-state index < -0.39 is 49.5 Å². The molecule has 9 nitrogen and oxygen atoms in total. The van der Waals surface area contributed by atoms with Gasteiger partial charge in [-0.15, -0.1) is 0 Å². The van der Waals surface area contributed by atoms with Crippen LogP contribution in [-0.2, 0) is 14.3 Å². The third kappa shape index (κ3) is 47.4. The molecule has 1 aliphatic rings. The Kier molecular flexibility index (Phi) is 56.3. The van der Waals surface area contributed by atoms with Crippen LogP contribution in [0.5, 0.6) is 0 Å². The molecule has 1 aliphatic heterocycles. The summed E-state index contributed by atoms with van der Waals surface area (Å²) in [5.74, 6) is -0.133. The van der Waals surface area contributed by atoms with Crippen molar-refractivity contribution in [3.8, 4) is 0 Å². The molecule has 1 fully saturated rings. The summed E-state index contributed by atoms with van der Waals surface area (Å²) < 4.78 is 11.4. The first-order chi connectivity index (χ1) is 37.8. The number of hydrogen-bond donors (Lipinski definition) is 6. The van der Waals surface area contributed by atoms with Gasteiger partial charge in [0, 0.05) is 6.42 Å². The molecule has 6 N–H and O–H groups in total. The summed E-state index contributed by atoms with van der Waals surface area (Å²) in [5.41, 5.74) is 0. The van der Waals surface area contributed by atoms with Gasteiger partial charge in [0.05, 0.1) is 25.4 Å². The van der Waals surface area contributed by atoms with Gasteiger partial charge in [0.2, 0.25) is 5.91 Å². The highest BCUT2D eigenvalue weighted by Crippen LogP contribution is 2.24. The zero-order chi connectivity index (χ0) is 55.8. The fourth-order valence-corrected chi connectivity index (χ4v) is 11.8. The second-order valence-corrected chi connectivity index (χ2v) is 24.7. The molecule has 460 valence electrons. The molecule has 0 radical (unpaired) electrons. The SMILES string of the molecule is CCCCCCCCCCCCCCCCCCCCCCCCCCCCCCCCCCCC(=O)NC(COC1OC(CO)C(O)C(O)C1O)C(O)CCCCCCCCCCCCCCCCCCCCCCC. The Hall–Kier alpha value is -0.810. The van der Waals surface area contributed by atoms with E-state index in [0.717, 1.165) is 38.5 Å². The average Bonchev–Trinajstić information content (AvgIpc) is 3.43. The molecular formula is C68H135NO8. The minimum absolute atomic E-state index is 0.130. The normalized spacial score (nSPS) is 18.6. The van der Waals surface area contributed by atoms with Crippen LogP contribution in [0.15, 0.2) is 0 Å². The average molecular weight is 1090 g/mol. The molecule has 0 aliphatic carbocycles. The van der Waals surface area contributed by atoms with Crippen LogP contribution >= 0.6 is 0 Å². The number of amides is 1. The van der Waals surface area contributed by atoms with Crippen LogP contribution in [0.3, 0.4) is 0 Å². The lowest BCUT2D eigenvalue weighted by atomic mass is 9.99. The number of unbranched alkanes of at least 4 members (excludes halogenated alkanes) is 52. The molecule has 7 unspecified atom stereocenters. The number of rotatable bonds is 62. The van der Waals surface area contributed by atoms with Crippen molar-refractivity contribution >= 4 is 5.91 Å². The van der Waals surface area contributed by atoms with Gasteiger partial charge in [-0.2, -0.15) is 0 Å². The van der Waals surface area contributed by atoms with Crippen LogP contribution in [-0.4, -0.2) is 87.5 Å². The van der Waals surface area contributed by atoms with Gasteiger partial charge in [-0.05, 0) is 12.8 Å². The Labute approximate surface area is 478 Å². The van der Waals surface area contributed by atoms with E-state index in [4.69, 9.17) is 9.47 Å². The molecule has 0 aromatic rings. The second-order valence-electron chi connectivity index (χ2n) is 24.7. The van der Waals surface area contributed by atoms with E-state index in [0.29, 0.717) is 12.8 Å². The highest BCUT2D eigenvalue weighted by Gasteiger charge is 2.44. The van der Waals surface area contributed by atoms with E-state index in [9.17, 15) is 30.3 Å². The van der Waals surface area contributed by atoms with Crippen molar-refractivity contribution in [2.24, 2.45) is 0 Å². The van der Waals surface area contributed by atoms with Crippen molar-refractivity contribution in [3.63, 3.8) is 0 Å². The summed E-state index contributed by atoms with van der Waals surface area (Å²) >= 11 is 0.